The van der Waals surface area contributed by atoms with E-state index in [2.05, 4.69) is 4.98 Å². The van der Waals surface area contributed by atoms with Gasteiger partial charge in [-0.1, -0.05) is 11.6 Å². The van der Waals surface area contributed by atoms with Crippen LogP contribution in [0.1, 0.15) is 26.2 Å². The quantitative estimate of drug-likeness (QED) is 0.861. The van der Waals surface area contributed by atoms with Gasteiger partial charge in [0.05, 0.1) is 18.4 Å². The molecule has 2 aliphatic carbocycles. The van der Waals surface area contributed by atoms with Gasteiger partial charge in [0.1, 0.15) is 9.92 Å². The van der Waals surface area contributed by atoms with Gasteiger partial charge in [0.25, 0.3) is 0 Å². The average molecular weight is 347 g/mol. The maximum atomic E-state index is 11.2. The van der Waals surface area contributed by atoms with E-state index in [-0.39, 0.29) is 15.8 Å². The molecule has 2 fully saturated rings. The molecule has 22 heavy (non-hydrogen) atoms. The van der Waals surface area contributed by atoms with Gasteiger partial charge in [-0.15, -0.1) is 0 Å². The number of primary sulfonamides is 1. The Morgan fingerprint density at radius 2 is 2.27 bits per heavy atom. The first kappa shape index (κ1) is 16.0. The molecular weight excluding hydrogens is 328 g/mol. The number of hydrogen-bond donors (Lipinski definition) is 2. The van der Waals surface area contributed by atoms with Gasteiger partial charge in [-0.25, -0.2) is 18.5 Å². The highest BCUT2D eigenvalue weighted by Crippen LogP contribution is 2.53. The largest absolute Gasteiger partial charge is 0.476 e. The average Bonchev–Trinajstić information content (AvgIpc) is 2.91. The number of aliphatic hydroxyl groups is 1. The number of nitrogens with zero attached hydrogens (tertiary/aromatic N) is 1. The second-order valence-corrected chi connectivity index (χ2v) is 8.53. The number of sulfonamides is 1. The van der Waals surface area contributed by atoms with Gasteiger partial charge in [0.15, 0.2) is 0 Å². The zero-order valence-electron chi connectivity index (χ0n) is 12.2. The van der Waals surface area contributed by atoms with Crippen molar-refractivity contribution >= 4 is 21.6 Å². The third-order valence-corrected chi connectivity index (χ3v) is 6.09. The molecule has 4 atom stereocenters. The van der Waals surface area contributed by atoms with Crippen molar-refractivity contribution in [3.63, 3.8) is 0 Å². The topological polar surface area (TPSA) is 103 Å². The smallest absolute Gasteiger partial charge is 0.239 e. The molecule has 122 valence electrons. The minimum atomic E-state index is -3.82. The van der Waals surface area contributed by atoms with Gasteiger partial charge in [-0.05, 0) is 50.0 Å². The molecule has 0 amide bonds. The molecule has 2 saturated carbocycles. The van der Waals surface area contributed by atoms with Crippen molar-refractivity contribution in [3.8, 4) is 5.88 Å². The maximum Gasteiger partial charge on any atom is 0.239 e. The molecule has 6 nitrogen and oxygen atoms in total. The molecule has 1 heterocycles. The molecule has 0 aromatic carbocycles. The van der Waals surface area contributed by atoms with Crippen LogP contribution in [0.4, 0.5) is 0 Å². The molecule has 3 rings (SSSR count). The lowest BCUT2D eigenvalue weighted by molar-refractivity contribution is -0.0121. The normalized spacial score (nSPS) is 34.1. The molecule has 1 aromatic heterocycles. The van der Waals surface area contributed by atoms with Crippen molar-refractivity contribution in [1.82, 2.24) is 4.98 Å². The first-order valence-corrected chi connectivity index (χ1v) is 9.13. The third-order valence-electron chi connectivity index (χ3n) is 4.94. The molecule has 0 spiro atoms. The Hall–Kier alpha value is -0.890. The van der Waals surface area contributed by atoms with E-state index in [4.69, 9.17) is 21.5 Å². The monoisotopic (exact) mass is 346 g/mol. The minimum Gasteiger partial charge on any atom is -0.476 e. The van der Waals surface area contributed by atoms with Gasteiger partial charge < -0.3 is 9.84 Å². The summed E-state index contributed by atoms with van der Waals surface area (Å²) in [5.41, 5.74) is -0.547. The molecule has 0 radical (unpaired) electrons. The number of rotatable bonds is 4. The summed E-state index contributed by atoms with van der Waals surface area (Å²) in [4.78, 5) is 3.80. The highest BCUT2D eigenvalue weighted by Gasteiger charge is 2.51. The van der Waals surface area contributed by atoms with Crippen LogP contribution in [0.3, 0.4) is 0 Å². The summed E-state index contributed by atoms with van der Waals surface area (Å²) >= 11 is 6.00. The Labute approximate surface area is 134 Å². The molecule has 3 N–H and O–H groups in total. The predicted octanol–water partition coefficient (Wildman–Crippen LogP) is 1.56. The molecule has 0 aliphatic heterocycles. The zero-order chi connectivity index (χ0) is 16.1. The van der Waals surface area contributed by atoms with E-state index in [1.54, 1.807) is 0 Å². The second kappa shape index (κ2) is 5.33. The van der Waals surface area contributed by atoms with Gasteiger partial charge in [0.2, 0.25) is 15.9 Å². The van der Waals surface area contributed by atoms with Crippen LogP contribution in [0.15, 0.2) is 17.2 Å². The van der Waals surface area contributed by atoms with Crippen LogP contribution in [-0.4, -0.2) is 30.7 Å². The van der Waals surface area contributed by atoms with E-state index in [1.165, 1.54) is 6.07 Å². The molecule has 0 unspecified atom stereocenters. The van der Waals surface area contributed by atoms with E-state index in [1.807, 2.05) is 6.92 Å². The predicted molar refractivity (Wildman–Crippen MR) is 81.1 cm³/mol. The molecule has 2 bridgehead atoms. The fourth-order valence-corrected chi connectivity index (χ4v) is 4.49. The molecule has 0 saturated heterocycles. The fourth-order valence-electron chi connectivity index (χ4n) is 3.73. The van der Waals surface area contributed by atoms with Gasteiger partial charge in [-0.3, -0.25) is 0 Å². The van der Waals surface area contributed by atoms with Crippen molar-refractivity contribution in [1.29, 1.82) is 0 Å². The Bertz CT molecular complexity index is 692. The number of pyridine rings is 1. The molecule has 8 heteroatoms. The Balaban J connectivity index is 1.64. The minimum absolute atomic E-state index is 0.127. The third kappa shape index (κ3) is 2.95. The Kier molecular flexibility index (Phi) is 3.87. The summed E-state index contributed by atoms with van der Waals surface area (Å²) in [6.45, 7) is 2.37. The van der Waals surface area contributed by atoms with Crippen LogP contribution in [-0.2, 0) is 10.0 Å². The van der Waals surface area contributed by atoms with Crippen molar-refractivity contribution in [2.24, 2.45) is 22.9 Å². The number of ether oxygens (including phenoxy) is 1. The van der Waals surface area contributed by atoms with Crippen molar-refractivity contribution in [2.75, 3.05) is 6.61 Å². The van der Waals surface area contributed by atoms with Crippen LogP contribution in [0.5, 0.6) is 5.88 Å². The SMILES string of the molecule is C[C@@]1(O)C[C@@H]2C[C@@H]1C[C@@H]2COc1ncc(S(N)(=O)=O)cc1Cl. The van der Waals surface area contributed by atoms with Crippen LogP contribution < -0.4 is 9.88 Å². The van der Waals surface area contributed by atoms with Crippen LogP contribution in [0.2, 0.25) is 5.02 Å². The van der Waals surface area contributed by atoms with Gasteiger partial charge >= 0.3 is 0 Å². The first-order valence-electron chi connectivity index (χ1n) is 7.20. The van der Waals surface area contributed by atoms with Crippen LogP contribution in [0.25, 0.3) is 0 Å². The van der Waals surface area contributed by atoms with Crippen molar-refractivity contribution in [3.05, 3.63) is 17.3 Å². The van der Waals surface area contributed by atoms with Gasteiger partial charge in [-0.2, -0.15) is 0 Å². The van der Waals surface area contributed by atoms with Gasteiger partial charge in [0, 0.05) is 0 Å². The summed E-state index contributed by atoms with van der Waals surface area (Å²) in [6, 6.07) is 1.24. The second-order valence-electron chi connectivity index (χ2n) is 6.56. The number of halogens is 1. The zero-order valence-corrected chi connectivity index (χ0v) is 13.8. The number of fused-ring (bicyclic) bond motifs is 2. The van der Waals surface area contributed by atoms with E-state index >= 15 is 0 Å². The lowest BCUT2D eigenvalue weighted by atomic mass is 9.80. The van der Waals surface area contributed by atoms with Crippen molar-refractivity contribution < 1.29 is 18.3 Å². The number of hydrogen-bond acceptors (Lipinski definition) is 5. The van der Waals surface area contributed by atoms with Crippen LogP contribution in [0, 0.1) is 17.8 Å². The molecule has 1 aromatic rings. The summed E-state index contributed by atoms with van der Waals surface area (Å²) in [6.07, 6.45) is 3.91. The summed E-state index contributed by atoms with van der Waals surface area (Å²) in [7, 11) is -3.82. The first-order chi connectivity index (χ1) is 10.2. The van der Waals surface area contributed by atoms with E-state index in [0.29, 0.717) is 24.4 Å². The lowest BCUT2D eigenvalue weighted by Gasteiger charge is -2.32. The highest BCUT2D eigenvalue weighted by molar-refractivity contribution is 7.89. The molecular formula is C14H19ClN2O4S. The Morgan fingerprint density at radius 1 is 1.55 bits per heavy atom. The standard InChI is InChI=1S/C14H19ClN2O4S/c1-14(18)5-8-2-10(14)3-9(8)7-21-13-12(15)4-11(6-17-13)22(16,19)20/h4,6,8-10,18H,2-3,5,7H2,1H3,(H2,16,19,20)/t8-,9+,10+,14+/m0/s1. The van der Waals surface area contributed by atoms with Crippen molar-refractivity contribution in [2.45, 2.75) is 36.7 Å². The number of aromatic nitrogens is 1. The number of nitrogens with two attached hydrogens (primary N) is 1. The lowest BCUT2D eigenvalue weighted by Crippen LogP contribution is -2.35. The van der Waals surface area contributed by atoms with E-state index in [0.717, 1.165) is 25.5 Å². The summed E-state index contributed by atoms with van der Waals surface area (Å²) in [5.74, 6) is 1.38. The maximum absolute atomic E-state index is 11.2. The highest BCUT2D eigenvalue weighted by atomic mass is 35.5. The molecule has 2 aliphatic rings. The fraction of sp³-hybridized carbons (Fsp3) is 0.643. The summed E-state index contributed by atoms with van der Waals surface area (Å²) in [5, 5.41) is 15.3. The Morgan fingerprint density at radius 3 is 2.77 bits per heavy atom. The van der Waals surface area contributed by atoms with E-state index < -0.39 is 15.6 Å². The van der Waals surface area contributed by atoms with Crippen LogP contribution >= 0.6 is 11.6 Å². The summed E-state index contributed by atoms with van der Waals surface area (Å²) < 4.78 is 28.1. The van der Waals surface area contributed by atoms with E-state index in [9.17, 15) is 13.5 Å².